The summed E-state index contributed by atoms with van der Waals surface area (Å²) in [6, 6.07) is 5.99. The highest BCUT2D eigenvalue weighted by molar-refractivity contribution is 7.13. The zero-order chi connectivity index (χ0) is 10.8. The van der Waals surface area contributed by atoms with Crippen molar-refractivity contribution >= 4 is 17.2 Å². The van der Waals surface area contributed by atoms with Crippen LogP contribution in [0.4, 0.5) is 5.82 Å². The number of anilines is 1. The minimum atomic E-state index is 0.573. The van der Waals surface area contributed by atoms with E-state index in [1.807, 2.05) is 24.4 Å². The Balaban J connectivity index is 2.42. The van der Waals surface area contributed by atoms with E-state index >= 15 is 0 Å². The highest BCUT2D eigenvalue weighted by Gasteiger charge is 2.05. The number of ether oxygens (including phenoxy) is 1. The number of nitrogens with zero attached hydrogens (tertiary/aromatic N) is 1. The minimum Gasteiger partial charge on any atom is -0.496 e. The lowest BCUT2D eigenvalue weighted by atomic mass is 10.1. The number of aromatic nitrogens is 1. The number of nitrogen functional groups attached to an aromatic ring is 1. The first-order valence-electron chi connectivity index (χ1n) is 4.56. The predicted octanol–water partition coefficient (Wildman–Crippen LogP) is 2.71. The fraction of sp³-hybridized carbons (Fsp3) is 0.182. The summed E-state index contributed by atoms with van der Waals surface area (Å²) in [5, 5.41) is 2.78. The van der Waals surface area contributed by atoms with Crippen molar-refractivity contribution in [1.82, 2.24) is 4.98 Å². The Morgan fingerprint density at radius 3 is 2.73 bits per heavy atom. The number of hydrogen-bond acceptors (Lipinski definition) is 4. The molecule has 15 heavy (non-hydrogen) atoms. The number of nitrogens with two attached hydrogens (primary N) is 1. The van der Waals surface area contributed by atoms with Gasteiger partial charge in [-0.15, -0.1) is 11.3 Å². The van der Waals surface area contributed by atoms with Crippen LogP contribution in [-0.2, 0) is 0 Å². The van der Waals surface area contributed by atoms with E-state index in [-0.39, 0.29) is 0 Å². The Morgan fingerprint density at radius 2 is 2.20 bits per heavy atom. The molecule has 78 valence electrons. The molecule has 0 aliphatic heterocycles. The Morgan fingerprint density at radius 1 is 1.40 bits per heavy atom. The molecule has 0 saturated carbocycles. The van der Waals surface area contributed by atoms with Gasteiger partial charge in [-0.05, 0) is 30.7 Å². The SMILES string of the molecule is COc1ccc(-c2nc(N)cs2)cc1C. The third kappa shape index (κ3) is 1.94. The van der Waals surface area contributed by atoms with Crippen molar-refractivity contribution < 1.29 is 4.74 Å². The van der Waals surface area contributed by atoms with E-state index in [1.165, 1.54) is 0 Å². The van der Waals surface area contributed by atoms with Crippen LogP contribution in [0.2, 0.25) is 0 Å². The zero-order valence-electron chi connectivity index (χ0n) is 8.65. The summed E-state index contributed by atoms with van der Waals surface area (Å²) in [7, 11) is 1.67. The summed E-state index contributed by atoms with van der Waals surface area (Å²) in [6.45, 7) is 2.01. The molecular weight excluding hydrogens is 208 g/mol. The number of thiazole rings is 1. The van der Waals surface area contributed by atoms with Crippen LogP contribution in [0.5, 0.6) is 5.75 Å². The van der Waals surface area contributed by atoms with Crippen LogP contribution < -0.4 is 10.5 Å². The Hall–Kier alpha value is -1.55. The first kappa shape index (κ1) is 9.98. The van der Waals surface area contributed by atoms with Gasteiger partial charge in [0.1, 0.15) is 16.6 Å². The third-order valence-corrected chi connectivity index (χ3v) is 3.07. The normalized spacial score (nSPS) is 10.3. The maximum Gasteiger partial charge on any atom is 0.135 e. The van der Waals surface area contributed by atoms with Gasteiger partial charge in [0, 0.05) is 10.9 Å². The molecule has 2 N–H and O–H groups in total. The molecule has 0 aliphatic rings. The summed E-state index contributed by atoms with van der Waals surface area (Å²) < 4.78 is 5.20. The van der Waals surface area contributed by atoms with Crippen molar-refractivity contribution in [2.45, 2.75) is 6.92 Å². The van der Waals surface area contributed by atoms with Crippen LogP contribution in [0.1, 0.15) is 5.56 Å². The molecular formula is C11H12N2OS. The van der Waals surface area contributed by atoms with E-state index in [1.54, 1.807) is 18.4 Å². The molecule has 1 heterocycles. The van der Waals surface area contributed by atoms with E-state index in [2.05, 4.69) is 11.1 Å². The molecule has 0 amide bonds. The van der Waals surface area contributed by atoms with Crippen molar-refractivity contribution in [3.8, 4) is 16.3 Å². The molecule has 0 fully saturated rings. The molecule has 0 atom stereocenters. The standard InChI is InChI=1S/C11H12N2OS/c1-7-5-8(3-4-9(7)14-2)11-13-10(12)6-15-11/h3-6H,12H2,1-2H3. The largest absolute Gasteiger partial charge is 0.496 e. The van der Waals surface area contributed by atoms with Crippen LogP contribution >= 0.6 is 11.3 Å². The number of benzene rings is 1. The van der Waals surface area contributed by atoms with Crippen molar-refractivity contribution in [2.24, 2.45) is 0 Å². The lowest BCUT2D eigenvalue weighted by Crippen LogP contribution is -1.88. The summed E-state index contributed by atoms with van der Waals surface area (Å²) >= 11 is 1.55. The van der Waals surface area contributed by atoms with Crippen LogP contribution in [0.15, 0.2) is 23.6 Å². The molecule has 0 bridgehead atoms. The Bertz CT molecular complexity index is 479. The van der Waals surface area contributed by atoms with E-state index in [0.717, 1.165) is 21.9 Å². The third-order valence-electron chi connectivity index (χ3n) is 2.16. The number of hydrogen-bond donors (Lipinski definition) is 1. The van der Waals surface area contributed by atoms with Crippen LogP contribution in [0, 0.1) is 6.92 Å². The molecule has 0 spiro atoms. The number of methoxy groups -OCH3 is 1. The average molecular weight is 220 g/mol. The van der Waals surface area contributed by atoms with Gasteiger partial charge in [-0.25, -0.2) is 4.98 Å². The van der Waals surface area contributed by atoms with Gasteiger partial charge in [-0.3, -0.25) is 0 Å². The quantitative estimate of drug-likeness (QED) is 0.846. The number of rotatable bonds is 2. The molecule has 0 aliphatic carbocycles. The average Bonchev–Trinajstić information content (AvgIpc) is 2.65. The summed E-state index contributed by atoms with van der Waals surface area (Å²) in [6.07, 6.45) is 0. The molecule has 2 aromatic rings. The van der Waals surface area contributed by atoms with E-state index < -0.39 is 0 Å². The highest BCUT2D eigenvalue weighted by Crippen LogP contribution is 2.28. The van der Waals surface area contributed by atoms with E-state index in [0.29, 0.717) is 5.82 Å². The van der Waals surface area contributed by atoms with Gasteiger partial charge in [0.2, 0.25) is 0 Å². The van der Waals surface area contributed by atoms with Crippen LogP contribution in [-0.4, -0.2) is 12.1 Å². The van der Waals surface area contributed by atoms with Crippen molar-refractivity contribution in [2.75, 3.05) is 12.8 Å². The lowest BCUT2D eigenvalue weighted by Gasteiger charge is -2.05. The van der Waals surface area contributed by atoms with Gasteiger partial charge in [-0.2, -0.15) is 0 Å². The lowest BCUT2D eigenvalue weighted by molar-refractivity contribution is 0.412. The van der Waals surface area contributed by atoms with Gasteiger partial charge >= 0.3 is 0 Å². The van der Waals surface area contributed by atoms with Crippen LogP contribution in [0.25, 0.3) is 10.6 Å². The second-order valence-corrected chi connectivity index (χ2v) is 4.12. The van der Waals surface area contributed by atoms with E-state index in [9.17, 15) is 0 Å². The molecule has 1 aromatic heterocycles. The van der Waals surface area contributed by atoms with E-state index in [4.69, 9.17) is 10.5 Å². The topological polar surface area (TPSA) is 48.1 Å². The highest BCUT2D eigenvalue weighted by atomic mass is 32.1. The molecule has 0 unspecified atom stereocenters. The molecule has 4 heteroatoms. The second-order valence-electron chi connectivity index (χ2n) is 3.26. The molecule has 3 nitrogen and oxygen atoms in total. The maximum atomic E-state index is 5.58. The van der Waals surface area contributed by atoms with Gasteiger partial charge in [0.05, 0.1) is 7.11 Å². The van der Waals surface area contributed by atoms with Crippen molar-refractivity contribution in [1.29, 1.82) is 0 Å². The summed E-state index contributed by atoms with van der Waals surface area (Å²) in [4.78, 5) is 4.23. The summed E-state index contributed by atoms with van der Waals surface area (Å²) in [5.41, 5.74) is 7.76. The smallest absolute Gasteiger partial charge is 0.135 e. The molecule has 0 radical (unpaired) electrons. The maximum absolute atomic E-state index is 5.58. The summed E-state index contributed by atoms with van der Waals surface area (Å²) in [5.74, 6) is 1.46. The monoisotopic (exact) mass is 220 g/mol. The molecule has 0 saturated heterocycles. The van der Waals surface area contributed by atoms with Crippen molar-refractivity contribution in [3.05, 3.63) is 29.1 Å². The van der Waals surface area contributed by atoms with Gasteiger partial charge in [0.15, 0.2) is 0 Å². The zero-order valence-corrected chi connectivity index (χ0v) is 9.47. The fourth-order valence-corrected chi connectivity index (χ4v) is 2.14. The first-order chi connectivity index (χ1) is 7.20. The fourth-order valence-electron chi connectivity index (χ4n) is 1.43. The second kappa shape index (κ2) is 3.90. The van der Waals surface area contributed by atoms with Gasteiger partial charge < -0.3 is 10.5 Å². The predicted molar refractivity (Wildman–Crippen MR) is 63.3 cm³/mol. The van der Waals surface area contributed by atoms with Crippen LogP contribution in [0.3, 0.4) is 0 Å². The van der Waals surface area contributed by atoms with Gasteiger partial charge in [0.25, 0.3) is 0 Å². The number of aryl methyl sites for hydroxylation is 1. The Kier molecular flexibility index (Phi) is 2.60. The first-order valence-corrected chi connectivity index (χ1v) is 5.44. The molecule has 1 aromatic carbocycles. The van der Waals surface area contributed by atoms with Crippen molar-refractivity contribution in [3.63, 3.8) is 0 Å². The van der Waals surface area contributed by atoms with Gasteiger partial charge in [-0.1, -0.05) is 0 Å². The Labute approximate surface area is 92.5 Å². The molecule has 2 rings (SSSR count). The minimum absolute atomic E-state index is 0.573.